The minimum absolute atomic E-state index is 0.123. The summed E-state index contributed by atoms with van der Waals surface area (Å²) in [6.45, 7) is 7.32. The number of likely N-dealkylation sites (tertiary alicyclic amines) is 2. The minimum Gasteiger partial charge on any atom is -0.488 e. The Morgan fingerprint density at radius 1 is 0.952 bits per heavy atom. The molecule has 5 atom stereocenters. The van der Waals surface area contributed by atoms with Crippen LogP contribution < -0.4 is 10.1 Å². The average Bonchev–Trinajstić information content (AvgIpc) is 4.11. The first-order chi connectivity index (χ1) is 29.9. The molecule has 6 aromatic rings. The number of ether oxygens (including phenoxy) is 2. The van der Waals surface area contributed by atoms with E-state index >= 15 is 0 Å². The molecule has 2 fully saturated rings. The molecule has 0 saturated carbocycles. The van der Waals surface area contributed by atoms with Crippen LogP contribution >= 0.6 is 0 Å². The van der Waals surface area contributed by atoms with Crippen molar-refractivity contribution in [1.29, 1.82) is 0 Å². The largest absolute Gasteiger partial charge is 0.488 e. The van der Waals surface area contributed by atoms with Crippen molar-refractivity contribution in [1.82, 2.24) is 40.0 Å². The lowest BCUT2D eigenvalue weighted by molar-refractivity contribution is -0.137. The lowest BCUT2D eigenvalue weighted by atomic mass is 9.92. The summed E-state index contributed by atoms with van der Waals surface area (Å²) in [5.74, 6) is 1.75. The quantitative estimate of drug-likeness (QED) is 0.112. The van der Waals surface area contributed by atoms with Gasteiger partial charge in [0.15, 0.2) is 0 Å². The van der Waals surface area contributed by atoms with E-state index in [0.717, 1.165) is 73.2 Å². The SMILES string of the molecule is COC(=O)NC(C(=O)N1CCCC1c1ncc(-c2ccc3c(c2)COc2cc4c(ccc5nc(C6CC(C)CN6C(=O)C(c6ccccc6)N(C)C(=O)O)[nH]c54)cc2-3)[nH]1)C(C)C. The van der Waals surface area contributed by atoms with Crippen LogP contribution in [0.3, 0.4) is 0 Å². The Morgan fingerprint density at radius 3 is 2.52 bits per heavy atom. The summed E-state index contributed by atoms with van der Waals surface area (Å²) in [7, 11) is 2.72. The number of aromatic nitrogens is 4. The molecule has 0 radical (unpaired) electrons. The van der Waals surface area contributed by atoms with Crippen LogP contribution in [0.4, 0.5) is 9.59 Å². The number of aromatic amines is 2. The van der Waals surface area contributed by atoms with E-state index in [1.165, 1.54) is 14.2 Å². The molecule has 2 saturated heterocycles. The molecule has 15 heteroatoms. The second-order valence-corrected chi connectivity index (χ2v) is 17.1. The number of benzene rings is 4. The molecule has 2 aromatic heterocycles. The van der Waals surface area contributed by atoms with E-state index in [1.54, 1.807) is 28.1 Å². The molecule has 4 amide bonds. The van der Waals surface area contributed by atoms with Gasteiger partial charge in [0.05, 0.1) is 42.1 Å². The second-order valence-electron chi connectivity index (χ2n) is 17.1. The lowest BCUT2D eigenvalue weighted by Crippen LogP contribution is -2.51. The van der Waals surface area contributed by atoms with Gasteiger partial charge < -0.3 is 39.7 Å². The van der Waals surface area contributed by atoms with Gasteiger partial charge in [-0.15, -0.1) is 0 Å². The van der Waals surface area contributed by atoms with Gasteiger partial charge in [-0.2, -0.15) is 0 Å². The monoisotopic (exact) mass is 838 g/mol. The van der Waals surface area contributed by atoms with Gasteiger partial charge in [-0.05, 0) is 83.0 Å². The number of methoxy groups -OCH3 is 1. The van der Waals surface area contributed by atoms with Crippen LogP contribution in [0.1, 0.15) is 80.9 Å². The molecule has 4 aromatic carbocycles. The zero-order valence-electron chi connectivity index (χ0n) is 35.3. The standard InChI is InChI=1S/C47H50N8O7/c1-25(2)39(52-46(58)61-5)44(56)54-17-9-12-36(54)42-48-22-35(50-42)29-13-15-31-30(19-29)24-62-38-21-32-28(20-33(31)38)14-16-34-40(32)51-43(49-34)37-18-26(3)23-55(37)45(57)41(53(4)47(59)60)27-10-7-6-8-11-27/h6-8,10-11,13-16,19-22,25-26,36-37,39,41H,9,12,17-18,23-24H2,1-5H3,(H,48,50)(H,49,51)(H,52,58)(H,59,60). The highest BCUT2D eigenvalue weighted by atomic mass is 16.5. The van der Waals surface area contributed by atoms with Crippen LogP contribution in [0, 0.1) is 11.8 Å². The van der Waals surface area contributed by atoms with Gasteiger partial charge in [-0.3, -0.25) is 14.5 Å². The number of amides is 4. The highest BCUT2D eigenvalue weighted by Gasteiger charge is 2.42. The van der Waals surface area contributed by atoms with Gasteiger partial charge in [0, 0.05) is 31.1 Å². The molecule has 0 aliphatic carbocycles. The summed E-state index contributed by atoms with van der Waals surface area (Å²) >= 11 is 0. The molecule has 5 heterocycles. The first-order valence-electron chi connectivity index (χ1n) is 21.1. The topological polar surface area (TPSA) is 186 Å². The maximum atomic E-state index is 14.3. The summed E-state index contributed by atoms with van der Waals surface area (Å²) in [5, 5.41) is 14.6. The summed E-state index contributed by atoms with van der Waals surface area (Å²) in [4.78, 5) is 73.6. The number of rotatable bonds is 9. The van der Waals surface area contributed by atoms with Crippen molar-refractivity contribution in [2.45, 2.75) is 70.8 Å². The zero-order valence-corrected chi connectivity index (χ0v) is 35.3. The van der Waals surface area contributed by atoms with Crippen molar-refractivity contribution in [3.63, 3.8) is 0 Å². The van der Waals surface area contributed by atoms with E-state index < -0.39 is 24.3 Å². The van der Waals surface area contributed by atoms with Crippen molar-refractivity contribution in [2.75, 3.05) is 27.2 Å². The van der Waals surface area contributed by atoms with Crippen LogP contribution in [0.5, 0.6) is 5.75 Å². The highest BCUT2D eigenvalue weighted by Crippen LogP contribution is 2.44. The van der Waals surface area contributed by atoms with Gasteiger partial charge in [-0.25, -0.2) is 19.6 Å². The second kappa shape index (κ2) is 16.2. The van der Waals surface area contributed by atoms with Crippen LogP contribution in [-0.4, -0.2) is 97.0 Å². The number of H-pyrrole nitrogens is 2. The average molecular weight is 839 g/mol. The van der Waals surface area contributed by atoms with E-state index in [4.69, 9.17) is 19.4 Å². The molecule has 9 rings (SSSR count). The van der Waals surface area contributed by atoms with Crippen molar-refractivity contribution >= 4 is 45.8 Å². The van der Waals surface area contributed by atoms with E-state index in [2.05, 4.69) is 58.6 Å². The van der Waals surface area contributed by atoms with Crippen molar-refractivity contribution in [2.24, 2.45) is 11.8 Å². The third-order valence-corrected chi connectivity index (χ3v) is 12.7. The normalized spacial score (nSPS) is 19.2. The van der Waals surface area contributed by atoms with E-state index in [-0.39, 0.29) is 35.7 Å². The van der Waals surface area contributed by atoms with Gasteiger partial charge in [0.1, 0.15) is 36.1 Å². The molecule has 5 unspecified atom stereocenters. The molecule has 320 valence electrons. The van der Waals surface area contributed by atoms with E-state index in [0.29, 0.717) is 43.3 Å². The number of carbonyl (C=O) groups is 4. The fourth-order valence-electron chi connectivity index (χ4n) is 9.47. The van der Waals surface area contributed by atoms with E-state index in [1.807, 2.05) is 38.1 Å². The number of hydrogen-bond acceptors (Lipinski definition) is 8. The number of carboxylic acid groups (broad SMARTS) is 1. The zero-order chi connectivity index (χ0) is 43.4. The van der Waals surface area contributed by atoms with Crippen molar-refractivity contribution < 1.29 is 33.8 Å². The Bertz CT molecular complexity index is 2710. The molecule has 3 aliphatic rings. The number of nitrogens with zero attached hydrogens (tertiary/aromatic N) is 5. The van der Waals surface area contributed by atoms with Gasteiger partial charge in [0.25, 0.3) is 5.91 Å². The number of fused-ring (bicyclic) bond motifs is 6. The molecular formula is C47H50N8O7. The first kappa shape index (κ1) is 40.5. The fraction of sp³-hybridized carbons (Fsp3) is 0.362. The van der Waals surface area contributed by atoms with Crippen molar-refractivity contribution in [3.05, 3.63) is 102 Å². The predicted molar refractivity (Wildman–Crippen MR) is 232 cm³/mol. The summed E-state index contributed by atoms with van der Waals surface area (Å²) in [5.41, 5.74) is 7.08. The molecular weight excluding hydrogens is 789 g/mol. The number of imidazole rings is 2. The molecule has 0 bridgehead atoms. The van der Waals surface area contributed by atoms with Gasteiger partial charge in [-0.1, -0.05) is 69.3 Å². The predicted octanol–water partition coefficient (Wildman–Crippen LogP) is 7.97. The number of alkyl carbamates (subject to hydrolysis) is 1. The first-order valence-corrected chi connectivity index (χ1v) is 21.1. The third kappa shape index (κ3) is 7.24. The molecule has 4 N–H and O–H groups in total. The van der Waals surface area contributed by atoms with Gasteiger partial charge in [0.2, 0.25) is 5.91 Å². The Morgan fingerprint density at radius 2 is 1.76 bits per heavy atom. The molecule has 3 aliphatic heterocycles. The lowest BCUT2D eigenvalue weighted by Gasteiger charge is -2.32. The number of hydrogen-bond donors (Lipinski definition) is 4. The smallest absolute Gasteiger partial charge is 0.407 e. The number of nitrogens with one attached hydrogen (secondary N) is 3. The minimum atomic E-state index is -1.18. The van der Waals surface area contributed by atoms with E-state index in [9.17, 15) is 24.3 Å². The summed E-state index contributed by atoms with van der Waals surface area (Å²) in [6.07, 6.45) is 2.27. The maximum absolute atomic E-state index is 14.3. The van der Waals surface area contributed by atoms with Crippen LogP contribution in [-0.2, 0) is 20.9 Å². The fourth-order valence-corrected chi connectivity index (χ4v) is 9.47. The summed E-state index contributed by atoms with van der Waals surface area (Å²) < 4.78 is 11.2. The van der Waals surface area contributed by atoms with Gasteiger partial charge >= 0.3 is 12.2 Å². The van der Waals surface area contributed by atoms with Crippen LogP contribution in [0.2, 0.25) is 0 Å². The third-order valence-electron chi connectivity index (χ3n) is 12.7. The highest BCUT2D eigenvalue weighted by molar-refractivity contribution is 6.07. The summed E-state index contributed by atoms with van der Waals surface area (Å²) in [6, 6.07) is 21.3. The Labute approximate surface area is 358 Å². The Kier molecular flexibility index (Phi) is 10.6. The Hall–Kier alpha value is -6.90. The number of carbonyl (C=O) groups excluding carboxylic acids is 3. The maximum Gasteiger partial charge on any atom is 0.407 e. The molecule has 0 spiro atoms. The van der Waals surface area contributed by atoms with Crippen LogP contribution in [0.15, 0.2) is 79.0 Å². The molecule has 62 heavy (non-hydrogen) atoms. The Balaban J connectivity index is 0.973. The molecule has 15 nitrogen and oxygen atoms in total. The van der Waals surface area contributed by atoms with Crippen LogP contribution in [0.25, 0.3) is 44.2 Å². The number of likely N-dealkylation sites (N-methyl/N-ethyl adjacent to an activating group) is 1. The van der Waals surface area contributed by atoms with Crippen molar-refractivity contribution in [3.8, 4) is 28.1 Å².